The average Bonchev–Trinajstić information content (AvgIpc) is 4.06. The minimum atomic E-state index is 0. The molecule has 0 heterocycles. The third-order valence-corrected chi connectivity index (χ3v) is 7.10. The van der Waals surface area contributed by atoms with Crippen LogP contribution in [0.3, 0.4) is 0 Å². The molecule has 0 aliphatic heterocycles. The number of allylic oxidation sites excluding steroid dienone is 16. The first-order chi connectivity index (χ1) is 25.6. The molecule has 4 aliphatic rings. The van der Waals surface area contributed by atoms with Crippen molar-refractivity contribution in [3.63, 3.8) is 0 Å². The van der Waals surface area contributed by atoms with Gasteiger partial charge in [0.1, 0.15) is 0 Å². The van der Waals surface area contributed by atoms with E-state index in [4.69, 9.17) is 0 Å². The van der Waals surface area contributed by atoms with E-state index < -0.39 is 0 Å². The van der Waals surface area contributed by atoms with E-state index in [1.54, 1.807) is 0 Å². The first-order valence-corrected chi connectivity index (χ1v) is 22.9. The predicted molar refractivity (Wildman–Crippen MR) is 268 cm³/mol. The molecule has 0 aromatic heterocycles. The van der Waals surface area contributed by atoms with Gasteiger partial charge in [0.15, 0.2) is 0 Å². The molecule has 0 atom stereocenters. The highest BCUT2D eigenvalue weighted by Gasteiger charge is 1.95. The zero-order chi connectivity index (χ0) is 41.0. The van der Waals surface area contributed by atoms with Gasteiger partial charge < -0.3 is 0 Å². The molecule has 0 N–H and O–H groups in total. The van der Waals surface area contributed by atoms with Crippen molar-refractivity contribution in [3.05, 3.63) is 97.2 Å². The van der Waals surface area contributed by atoms with Gasteiger partial charge in [0.2, 0.25) is 0 Å². The van der Waals surface area contributed by atoms with Crippen LogP contribution < -0.4 is 0 Å². The molecule has 326 valence electrons. The summed E-state index contributed by atoms with van der Waals surface area (Å²) in [6.45, 7) is 31.9. The van der Waals surface area contributed by atoms with Gasteiger partial charge >= 0.3 is 0 Å². The van der Waals surface area contributed by atoms with Crippen LogP contribution in [0.5, 0.6) is 0 Å². The predicted octanol–water partition coefficient (Wildman–Crippen LogP) is 21.3. The molecule has 0 saturated carbocycles. The van der Waals surface area contributed by atoms with E-state index in [-0.39, 0.29) is 14.9 Å². The van der Waals surface area contributed by atoms with Gasteiger partial charge in [0.05, 0.1) is 0 Å². The standard InChI is InChI=1S/3C8H18.4C5H6.4C2H6.2CH4/c1-4-6-8(3)7-5-2;2*1-3-5-7-8-6-4-2;4*1-2-4-5-3-1;4*1-2;;/h8H,4-7H2,1-3H3;2*3-8H2,1-2H3;4*1-4H,5H2;4*1-2H3;2*1H4. The van der Waals surface area contributed by atoms with E-state index in [1.165, 1.54) is 103 Å². The van der Waals surface area contributed by atoms with Crippen LogP contribution >= 0.6 is 0 Å². The summed E-state index contributed by atoms with van der Waals surface area (Å²) in [4.78, 5) is 0. The first-order valence-electron chi connectivity index (χ1n) is 22.9. The Hall–Kier alpha value is -2.08. The minimum absolute atomic E-state index is 0. The van der Waals surface area contributed by atoms with Crippen LogP contribution in [0.1, 0.15) is 247 Å². The lowest BCUT2D eigenvalue weighted by atomic mass is 10.0. The molecule has 0 fully saturated rings. The first kappa shape index (κ1) is 73.1. The van der Waals surface area contributed by atoms with Crippen molar-refractivity contribution in [2.24, 2.45) is 5.92 Å². The van der Waals surface area contributed by atoms with Crippen LogP contribution in [0.25, 0.3) is 0 Å². The number of rotatable bonds is 14. The second-order valence-electron chi connectivity index (χ2n) is 11.9. The molecule has 0 aromatic rings. The Morgan fingerprint density at radius 1 is 0.296 bits per heavy atom. The van der Waals surface area contributed by atoms with Crippen LogP contribution in [-0.2, 0) is 0 Å². The summed E-state index contributed by atoms with van der Waals surface area (Å²) < 4.78 is 0. The number of hydrogen-bond donors (Lipinski definition) is 0. The van der Waals surface area contributed by atoms with Gasteiger partial charge in [-0.05, 0) is 31.6 Å². The molecule has 0 unspecified atom stereocenters. The Balaban J connectivity index is -0.0000000605. The highest BCUT2D eigenvalue weighted by Crippen LogP contribution is 2.10. The smallest absolute Gasteiger partial charge is 0.0163 e. The second-order valence-corrected chi connectivity index (χ2v) is 11.9. The van der Waals surface area contributed by atoms with Gasteiger partial charge in [-0.1, -0.05) is 319 Å². The normalized spacial score (nSPS) is 11.4. The van der Waals surface area contributed by atoms with Gasteiger partial charge in [0.25, 0.3) is 0 Å². The van der Waals surface area contributed by atoms with Crippen molar-refractivity contribution in [2.75, 3.05) is 0 Å². The summed E-state index contributed by atoms with van der Waals surface area (Å²) >= 11 is 0. The molecule has 0 saturated heterocycles. The van der Waals surface area contributed by atoms with Crippen molar-refractivity contribution in [2.45, 2.75) is 247 Å². The summed E-state index contributed by atoms with van der Waals surface area (Å²) in [6.07, 6.45) is 60.5. The molecule has 0 amide bonds. The molecule has 0 radical (unpaired) electrons. The lowest BCUT2D eigenvalue weighted by Crippen LogP contribution is -1.91. The third-order valence-electron chi connectivity index (χ3n) is 7.10. The second kappa shape index (κ2) is 93.1. The van der Waals surface area contributed by atoms with E-state index in [1.807, 2.05) is 55.4 Å². The van der Waals surface area contributed by atoms with Crippen LogP contribution in [0, 0.1) is 5.92 Å². The van der Waals surface area contributed by atoms with Crippen LogP contribution in [0.4, 0.5) is 0 Å². The van der Waals surface area contributed by atoms with E-state index >= 15 is 0 Å². The maximum absolute atomic E-state index is 2.34. The monoisotopic (exact) mass is 759 g/mol. The van der Waals surface area contributed by atoms with E-state index in [9.17, 15) is 0 Å². The van der Waals surface area contributed by atoms with Gasteiger partial charge in [-0.25, -0.2) is 0 Å². The summed E-state index contributed by atoms with van der Waals surface area (Å²) in [7, 11) is 0. The Kier molecular flexibility index (Phi) is 126. The fourth-order valence-corrected chi connectivity index (χ4v) is 4.41. The van der Waals surface area contributed by atoms with Crippen LogP contribution in [0.2, 0.25) is 0 Å². The van der Waals surface area contributed by atoms with Crippen molar-refractivity contribution < 1.29 is 0 Å². The molecule has 0 nitrogen and oxygen atoms in total. The minimum Gasteiger partial charge on any atom is -0.0808 e. The SMILES string of the molecule is C.C.C1=CCC=C1.C1=CCC=C1.C1=CCC=C1.C1=CCC=C1.CC.CC.CC.CC.CCCC(C)CCC.CCCCCCCC.CCCCCCCC. The van der Waals surface area contributed by atoms with Crippen molar-refractivity contribution in [1.82, 2.24) is 0 Å². The molecule has 0 bridgehead atoms. The molecule has 4 rings (SSSR count). The summed E-state index contributed by atoms with van der Waals surface area (Å²) in [5.74, 6) is 0.963. The lowest BCUT2D eigenvalue weighted by molar-refractivity contribution is 0.480. The van der Waals surface area contributed by atoms with Gasteiger partial charge in [-0.2, -0.15) is 0 Å². The van der Waals surface area contributed by atoms with Gasteiger partial charge in [-0.15, -0.1) is 0 Å². The maximum atomic E-state index is 2.34. The maximum Gasteiger partial charge on any atom is -0.0163 e. The number of unbranched alkanes of at least 4 members (excludes halogenated alkanes) is 10. The number of hydrogen-bond acceptors (Lipinski definition) is 0. The molecule has 0 spiro atoms. The highest BCUT2D eigenvalue weighted by atomic mass is 14.0. The molecular weight excluding hydrogens is 649 g/mol. The quantitative estimate of drug-likeness (QED) is 0.155. The van der Waals surface area contributed by atoms with E-state index in [0.29, 0.717) is 0 Å². The lowest BCUT2D eigenvalue weighted by Gasteiger charge is -2.05. The molecular formula is C54H110. The Bertz CT molecular complexity index is 563. The molecule has 54 heavy (non-hydrogen) atoms. The van der Waals surface area contributed by atoms with Gasteiger partial charge in [-0.3, -0.25) is 0 Å². The van der Waals surface area contributed by atoms with E-state index in [0.717, 1.165) is 31.6 Å². The van der Waals surface area contributed by atoms with Crippen molar-refractivity contribution >= 4 is 0 Å². The van der Waals surface area contributed by atoms with Crippen LogP contribution in [-0.4, -0.2) is 0 Å². The fraction of sp³-hybridized carbons (Fsp3) is 0.704. The molecule has 0 heteroatoms. The van der Waals surface area contributed by atoms with Crippen molar-refractivity contribution in [1.29, 1.82) is 0 Å². The summed E-state index contributed by atoms with van der Waals surface area (Å²) in [5.41, 5.74) is 0. The molecule has 0 aromatic carbocycles. The fourth-order valence-electron chi connectivity index (χ4n) is 4.41. The topological polar surface area (TPSA) is 0 Å². The zero-order valence-corrected chi connectivity index (χ0v) is 39.0. The largest absolute Gasteiger partial charge is 0.0808 e. The third kappa shape index (κ3) is 104. The van der Waals surface area contributed by atoms with Crippen LogP contribution in [0.15, 0.2) is 97.2 Å². The average molecular weight is 759 g/mol. The zero-order valence-electron chi connectivity index (χ0n) is 39.0. The summed E-state index contributed by atoms with van der Waals surface area (Å²) in [6, 6.07) is 0. The highest BCUT2D eigenvalue weighted by molar-refractivity contribution is 5.13. The van der Waals surface area contributed by atoms with E-state index in [2.05, 4.69) is 146 Å². The van der Waals surface area contributed by atoms with Gasteiger partial charge in [0, 0.05) is 0 Å². The summed E-state index contributed by atoms with van der Waals surface area (Å²) in [5, 5.41) is 0. The Morgan fingerprint density at radius 2 is 0.463 bits per heavy atom. The molecule has 4 aliphatic carbocycles. The Morgan fingerprint density at radius 3 is 0.556 bits per heavy atom. The van der Waals surface area contributed by atoms with Crippen molar-refractivity contribution in [3.8, 4) is 0 Å². The Labute approximate surface area is 349 Å².